The molecule has 8 fully saturated rings. The summed E-state index contributed by atoms with van der Waals surface area (Å²) >= 11 is 0. The highest BCUT2D eigenvalue weighted by molar-refractivity contribution is 6.03. The molecular formula is C61H87N3O6. The highest BCUT2D eigenvalue weighted by Crippen LogP contribution is 2.79. The van der Waals surface area contributed by atoms with Crippen molar-refractivity contribution in [3.63, 3.8) is 0 Å². The highest BCUT2D eigenvalue weighted by atomic mass is 16.6. The number of fused-ring (bicyclic) bond motifs is 1. The van der Waals surface area contributed by atoms with E-state index in [9.17, 15) is 15.3 Å². The number of nitrogen functional groups attached to an aromatic ring is 1. The van der Waals surface area contributed by atoms with Crippen LogP contribution in [0.25, 0.3) is 0 Å². The Kier molecular flexibility index (Phi) is 12.5. The average Bonchev–Trinajstić information content (AvgIpc) is 3.65. The SMILES string of the molecule is CNCc1cc(O)cc(C2CC3(C)C4C(CC56CCCC7C(=O)C(C(CC(O)C8OC8(C)C8CCCC8c8cccc(N)c8)C8CCCCC8)=C(CCC35)C76C)NCC(C)(O)CCCCC4(C)C2=O)c1. The van der Waals surface area contributed by atoms with Crippen LogP contribution < -0.4 is 16.4 Å². The fourth-order valence-electron chi connectivity index (χ4n) is 19.7. The van der Waals surface area contributed by atoms with E-state index in [-0.39, 0.29) is 63.7 Å². The first-order valence-corrected chi connectivity index (χ1v) is 28.3. The molecule has 1 spiro atoms. The number of hydrogen-bond acceptors (Lipinski definition) is 9. The topological polar surface area (TPSA) is 157 Å². The standard InChI is InChI=1S/C61H87N3O6/c1-56(69)24-10-11-25-57(2)53-48(64-35-56)33-61-26-14-21-47-52(67)51(46(59(47,61)4)22-23-50(61)58(53,3)32-44(54(57)68)39-27-36(34-63-6)28-41(65)30-39)43(37-15-8-7-9-16-37)31-49(66)55-60(5,70-55)45-20-13-19-42(45)38-17-12-18-40(62)29-38/h12,17-18,27-30,37,42-45,47-50,53,55,63-66,69H,7-11,13-16,19-26,31-35,62H2,1-6H3. The third kappa shape index (κ3) is 7.59. The maximum absolute atomic E-state index is 16.0. The number of allylic oxidation sites excluding steroid dienone is 2. The number of carbonyl (C=O) groups excluding carboxylic acids is 2. The number of rotatable bonds is 10. The number of ketones is 2. The van der Waals surface area contributed by atoms with Crippen LogP contribution in [-0.2, 0) is 20.9 Å². The number of Topliss-reactive ketones (excluding diaryl/α,β-unsaturated/α-hetero) is 2. The second-order valence-electron chi connectivity index (χ2n) is 26.4. The quantitative estimate of drug-likeness (QED) is 0.101. The van der Waals surface area contributed by atoms with E-state index in [1.165, 1.54) is 30.4 Å². The number of aliphatic hydroxyl groups excluding tert-OH is 1. The first-order chi connectivity index (χ1) is 33.4. The summed E-state index contributed by atoms with van der Waals surface area (Å²) in [5.74, 6) is 1.83. The van der Waals surface area contributed by atoms with Crippen molar-refractivity contribution in [2.45, 2.75) is 211 Å². The third-order valence-electron chi connectivity index (χ3n) is 22.5. The van der Waals surface area contributed by atoms with Gasteiger partial charge in [-0.1, -0.05) is 89.5 Å². The molecule has 9 nitrogen and oxygen atoms in total. The molecular weight excluding hydrogens is 871 g/mol. The van der Waals surface area contributed by atoms with Gasteiger partial charge in [0.1, 0.15) is 17.6 Å². The average molecular weight is 958 g/mol. The number of ether oxygens (including phenoxy) is 1. The van der Waals surface area contributed by atoms with Gasteiger partial charge >= 0.3 is 0 Å². The molecule has 6 saturated carbocycles. The maximum Gasteiger partial charge on any atom is 0.163 e. The molecule has 7 N–H and O–H groups in total. The number of phenols is 1. The number of nitrogens with two attached hydrogens (primary N) is 1. The molecule has 0 aromatic heterocycles. The Morgan fingerprint density at radius 3 is 2.41 bits per heavy atom. The fraction of sp³-hybridized carbons (Fsp3) is 0.738. The minimum Gasteiger partial charge on any atom is -0.508 e. The van der Waals surface area contributed by atoms with Crippen LogP contribution in [0.1, 0.15) is 192 Å². The van der Waals surface area contributed by atoms with Crippen LogP contribution in [0.2, 0.25) is 0 Å². The monoisotopic (exact) mass is 958 g/mol. The van der Waals surface area contributed by atoms with Gasteiger partial charge in [-0.3, -0.25) is 9.59 Å². The second kappa shape index (κ2) is 17.8. The first-order valence-electron chi connectivity index (χ1n) is 28.3. The van der Waals surface area contributed by atoms with Gasteiger partial charge in [0, 0.05) is 47.5 Å². The lowest BCUT2D eigenvalue weighted by Gasteiger charge is -2.73. The molecule has 16 unspecified atom stereocenters. The summed E-state index contributed by atoms with van der Waals surface area (Å²) in [6.07, 6.45) is 18.5. The van der Waals surface area contributed by atoms with Gasteiger partial charge in [0.25, 0.3) is 0 Å². The molecule has 11 rings (SSSR count). The van der Waals surface area contributed by atoms with E-state index in [0.29, 0.717) is 61.7 Å². The summed E-state index contributed by atoms with van der Waals surface area (Å²) in [6, 6.07) is 14.2. The molecule has 0 bridgehead atoms. The van der Waals surface area contributed by atoms with Crippen molar-refractivity contribution in [3.05, 3.63) is 70.3 Å². The predicted octanol–water partition coefficient (Wildman–Crippen LogP) is 10.8. The van der Waals surface area contributed by atoms with Gasteiger partial charge in [-0.05, 0) is 197 Å². The Labute approximate surface area is 419 Å². The number of aromatic hydroxyl groups is 1. The van der Waals surface area contributed by atoms with E-state index < -0.39 is 22.7 Å². The highest BCUT2D eigenvalue weighted by Gasteiger charge is 2.76. The van der Waals surface area contributed by atoms with E-state index >= 15 is 9.59 Å². The van der Waals surface area contributed by atoms with Crippen molar-refractivity contribution in [1.29, 1.82) is 0 Å². The van der Waals surface area contributed by atoms with Gasteiger partial charge in [0.05, 0.1) is 17.3 Å². The zero-order chi connectivity index (χ0) is 49.2. The zero-order valence-electron chi connectivity index (χ0n) is 43.6. The minimum atomic E-state index is -0.859. The zero-order valence-corrected chi connectivity index (χ0v) is 43.6. The molecule has 9 aliphatic rings. The number of β-amino-alcohol motifs (C(OH)–C–C–N with tert-alkyl or cyclic N) is 1. The predicted molar refractivity (Wildman–Crippen MR) is 276 cm³/mol. The normalized spacial score (nSPS) is 43.8. The third-order valence-corrected chi connectivity index (χ3v) is 22.5. The summed E-state index contributed by atoms with van der Waals surface area (Å²) in [4.78, 5) is 31.6. The molecule has 2 aromatic carbocycles. The number of phenolic OH excluding ortho intramolecular Hbond substituents is 1. The summed E-state index contributed by atoms with van der Waals surface area (Å²) < 4.78 is 6.76. The number of aliphatic hydroxyl groups is 2. The van der Waals surface area contributed by atoms with E-state index in [2.05, 4.69) is 62.6 Å². The minimum absolute atomic E-state index is 0.00177. The van der Waals surface area contributed by atoms with Crippen molar-refractivity contribution < 1.29 is 29.6 Å². The van der Waals surface area contributed by atoms with Crippen LogP contribution in [0, 0.1) is 57.2 Å². The molecule has 7 aliphatic carbocycles. The lowest BCUT2D eigenvalue weighted by Crippen LogP contribution is -2.72. The van der Waals surface area contributed by atoms with Crippen molar-refractivity contribution in [1.82, 2.24) is 10.6 Å². The van der Waals surface area contributed by atoms with Gasteiger partial charge in [-0.2, -0.15) is 0 Å². The lowest BCUT2D eigenvalue weighted by atomic mass is 9.31. The van der Waals surface area contributed by atoms with Crippen LogP contribution in [0.15, 0.2) is 53.6 Å². The summed E-state index contributed by atoms with van der Waals surface area (Å²) in [6.45, 7) is 12.7. The van der Waals surface area contributed by atoms with Crippen molar-refractivity contribution in [3.8, 4) is 5.75 Å². The van der Waals surface area contributed by atoms with Gasteiger partial charge in [-0.15, -0.1) is 0 Å². The number of anilines is 1. The molecule has 2 saturated heterocycles. The van der Waals surface area contributed by atoms with E-state index in [4.69, 9.17) is 10.5 Å². The molecule has 70 heavy (non-hydrogen) atoms. The molecule has 2 heterocycles. The molecule has 2 aliphatic heterocycles. The first kappa shape index (κ1) is 49.1. The lowest BCUT2D eigenvalue weighted by molar-refractivity contribution is -0.219. The number of epoxide rings is 1. The van der Waals surface area contributed by atoms with Crippen LogP contribution in [0.4, 0.5) is 5.69 Å². The van der Waals surface area contributed by atoms with E-state index in [1.54, 1.807) is 0 Å². The Morgan fingerprint density at radius 1 is 0.857 bits per heavy atom. The van der Waals surface area contributed by atoms with E-state index in [0.717, 1.165) is 112 Å². The van der Waals surface area contributed by atoms with Crippen molar-refractivity contribution in [2.24, 2.45) is 57.2 Å². The molecule has 2 aromatic rings. The molecule has 0 radical (unpaired) electrons. The van der Waals surface area contributed by atoms with Crippen LogP contribution in [0.3, 0.4) is 0 Å². The summed E-state index contributed by atoms with van der Waals surface area (Å²) in [5, 5.41) is 43.0. The smallest absolute Gasteiger partial charge is 0.163 e. The van der Waals surface area contributed by atoms with Crippen LogP contribution in [-0.4, -0.2) is 69.9 Å². The Hall–Kier alpha value is -3.08. The summed E-state index contributed by atoms with van der Waals surface area (Å²) in [7, 11) is 1.92. The van der Waals surface area contributed by atoms with Crippen LogP contribution in [0.5, 0.6) is 5.75 Å². The van der Waals surface area contributed by atoms with Gasteiger partial charge < -0.3 is 36.4 Å². The maximum atomic E-state index is 16.0. The number of hydrogen-bond donors (Lipinski definition) is 6. The Balaban J connectivity index is 0.987. The Bertz CT molecular complexity index is 2390. The number of benzene rings is 2. The van der Waals surface area contributed by atoms with Crippen LogP contribution >= 0.6 is 0 Å². The summed E-state index contributed by atoms with van der Waals surface area (Å²) in [5.41, 5.74) is 10.1. The van der Waals surface area contributed by atoms with Crippen molar-refractivity contribution in [2.75, 3.05) is 19.3 Å². The van der Waals surface area contributed by atoms with Crippen molar-refractivity contribution >= 4 is 17.3 Å². The second-order valence-corrected chi connectivity index (χ2v) is 26.4. The molecule has 9 heteroatoms. The van der Waals surface area contributed by atoms with Gasteiger partial charge in [-0.25, -0.2) is 0 Å². The fourth-order valence-corrected chi connectivity index (χ4v) is 19.7. The Morgan fingerprint density at radius 2 is 1.64 bits per heavy atom. The van der Waals surface area contributed by atoms with Gasteiger partial charge in [0.2, 0.25) is 0 Å². The largest absolute Gasteiger partial charge is 0.508 e. The van der Waals surface area contributed by atoms with Gasteiger partial charge in [0.15, 0.2) is 5.78 Å². The molecule has 16 atom stereocenters. The molecule has 382 valence electrons. The van der Waals surface area contributed by atoms with E-state index in [1.807, 2.05) is 32.2 Å². The number of carbonyl (C=O) groups is 2. The number of nitrogens with one attached hydrogen (secondary N) is 2. The molecule has 0 amide bonds.